The summed E-state index contributed by atoms with van der Waals surface area (Å²) in [6.45, 7) is 1.89. The maximum Gasteiger partial charge on any atom is 0.257 e. The number of hydrogen-bond donors (Lipinski definition) is 0. The number of halogens is 1. The van der Waals surface area contributed by atoms with E-state index in [1.807, 2.05) is 55.5 Å². The van der Waals surface area contributed by atoms with Gasteiger partial charge in [-0.05, 0) is 42.3 Å². The summed E-state index contributed by atoms with van der Waals surface area (Å²) in [4.78, 5) is 17.5. The highest BCUT2D eigenvalue weighted by Gasteiger charge is 2.13. The van der Waals surface area contributed by atoms with Crippen molar-refractivity contribution in [1.82, 2.24) is 9.55 Å². The molecule has 3 rings (SSSR count). The quantitative estimate of drug-likeness (QED) is 0.447. The highest BCUT2D eigenvalue weighted by atomic mass is 35.5. The van der Waals surface area contributed by atoms with Gasteiger partial charge in [0.05, 0.1) is 7.11 Å². The molecule has 0 amide bonds. The molecule has 0 aliphatic carbocycles. The molecule has 6 heteroatoms. The van der Waals surface area contributed by atoms with E-state index in [0.717, 1.165) is 28.1 Å². The average molecular weight is 401 g/mol. The van der Waals surface area contributed by atoms with Gasteiger partial charge in [0.2, 0.25) is 0 Å². The Morgan fingerprint density at radius 2 is 1.89 bits per heavy atom. The Hall–Kier alpha value is -2.24. The first-order valence-corrected chi connectivity index (χ1v) is 9.91. The van der Waals surface area contributed by atoms with Crippen LogP contribution in [0.1, 0.15) is 22.4 Å². The SMILES string of the molecule is COc1ccc(Cc2c(C)nc(SCc3cccc(Cl)c3)n(C)c2=O)cc1. The van der Waals surface area contributed by atoms with E-state index in [1.54, 1.807) is 18.7 Å². The first kappa shape index (κ1) is 19.5. The van der Waals surface area contributed by atoms with Crippen LogP contribution >= 0.6 is 23.4 Å². The molecule has 3 aromatic rings. The molecule has 0 aliphatic rings. The van der Waals surface area contributed by atoms with Crippen LogP contribution < -0.4 is 10.3 Å². The molecule has 0 unspecified atom stereocenters. The molecular weight excluding hydrogens is 380 g/mol. The summed E-state index contributed by atoms with van der Waals surface area (Å²) in [6, 6.07) is 15.5. The van der Waals surface area contributed by atoms with Crippen molar-refractivity contribution < 1.29 is 4.74 Å². The molecule has 0 fully saturated rings. The van der Waals surface area contributed by atoms with Crippen LogP contribution in [0.4, 0.5) is 0 Å². The van der Waals surface area contributed by atoms with Crippen molar-refractivity contribution in [3.05, 3.63) is 86.3 Å². The number of benzene rings is 2. The van der Waals surface area contributed by atoms with Gasteiger partial charge in [-0.1, -0.05) is 47.6 Å². The number of ether oxygens (including phenoxy) is 1. The monoisotopic (exact) mass is 400 g/mol. The Kier molecular flexibility index (Phi) is 6.24. The van der Waals surface area contributed by atoms with Crippen molar-refractivity contribution in [2.45, 2.75) is 24.3 Å². The Morgan fingerprint density at radius 3 is 2.56 bits per heavy atom. The first-order valence-electron chi connectivity index (χ1n) is 8.54. The molecule has 0 saturated carbocycles. The van der Waals surface area contributed by atoms with E-state index in [-0.39, 0.29) is 5.56 Å². The van der Waals surface area contributed by atoms with Gasteiger partial charge in [-0.3, -0.25) is 9.36 Å². The largest absolute Gasteiger partial charge is 0.497 e. The molecule has 0 radical (unpaired) electrons. The van der Waals surface area contributed by atoms with E-state index in [0.29, 0.717) is 22.4 Å². The molecule has 0 aliphatic heterocycles. The van der Waals surface area contributed by atoms with Crippen LogP contribution in [0.25, 0.3) is 0 Å². The second kappa shape index (κ2) is 8.63. The number of rotatable bonds is 6. The molecule has 27 heavy (non-hydrogen) atoms. The molecule has 0 bridgehead atoms. The van der Waals surface area contributed by atoms with Crippen molar-refractivity contribution in [2.24, 2.45) is 7.05 Å². The predicted octanol–water partition coefficient (Wildman–Crippen LogP) is 4.63. The number of thioether (sulfide) groups is 1. The number of hydrogen-bond acceptors (Lipinski definition) is 4. The zero-order chi connectivity index (χ0) is 19.4. The second-order valence-electron chi connectivity index (χ2n) is 6.27. The van der Waals surface area contributed by atoms with Crippen molar-refractivity contribution >= 4 is 23.4 Å². The maximum atomic E-state index is 12.9. The fraction of sp³-hybridized carbons (Fsp3) is 0.238. The van der Waals surface area contributed by atoms with Gasteiger partial charge in [-0.15, -0.1) is 0 Å². The molecule has 0 atom stereocenters. The molecule has 4 nitrogen and oxygen atoms in total. The highest BCUT2D eigenvalue weighted by molar-refractivity contribution is 7.98. The topological polar surface area (TPSA) is 44.1 Å². The average Bonchev–Trinajstić information content (AvgIpc) is 2.67. The van der Waals surface area contributed by atoms with Gasteiger partial charge in [-0.25, -0.2) is 4.98 Å². The van der Waals surface area contributed by atoms with E-state index >= 15 is 0 Å². The third kappa shape index (κ3) is 4.73. The molecule has 140 valence electrons. The van der Waals surface area contributed by atoms with Crippen LogP contribution in [0.2, 0.25) is 5.02 Å². The van der Waals surface area contributed by atoms with Crippen LogP contribution in [0.15, 0.2) is 58.5 Å². The molecule has 1 aromatic heterocycles. The summed E-state index contributed by atoms with van der Waals surface area (Å²) in [6.07, 6.45) is 0.550. The number of aryl methyl sites for hydroxylation is 1. The minimum atomic E-state index is -0.00749. The third-order valence-electron chi connectivity index (χ3n) is 4.35. The normalized spacial score (nSPS) is 10.8. The first-order chi connectivity index (χ1) is 13.0. The Bertz CT molecular complexity index is 1000. The Balaban J connectivity index is 1.81. The third-order valence-corrected chi connectivity index (χ3v) is 5.68. The van der Waals surface area contributed by atoms with Gasteiger partial charge in [0.25, 0.3) is 5.56 Å². The number of aromatic nitrogens is 2. The van der Waals surface area contributed by atoms with Crippen molar-refractivity contribution in [1.29, 1.82) is 0 Å². The summed E-state index contributed by atoms with van der Waals surface area (Å²) >= 11 is 7.57. The summed E-state index contributed by atoms with van der Waals surface area (Å²) in [5.74, 6) is 1.51. The standard InChI is InChI=1S/C21H21ClN2O2S/c1-14-19(12-15-7-9-18(26-3)10-8-15)20(25)24(2)21(23-14)27-13-16-5-4-6-17(22)11-16/h4-11H,12-13H2,1-3H3. The highest BCUT2D eigenvalue weighted by Crippen LogP contribution is 2.23. The Labute approximate surface area is 168 Å². The lowest BCUT2D eigenvalue weighted by atomic mass is 10.1. The summed E-state index contributed by atoms with van der Waals surface area (Å²) in [7, 11) is 3.41. The van der Waals surface area contributed by atoms with Gasteiger partial charge in [0.1, 0.15) is 5.75 Å². The number of nitrogens with zero attached hydrogens (tertiary/aromatic N) is 2. The maximum absolute atomic E-state index is 12.9. The van der Waals surface area contributed by atoms with Crippen LogP contribution in [0, 0.1) is 6.92 Å². The van der Waals surface area contributed by atoms with Gasteiger partial charge in [0, 0.05) is 35.5 Å². The van der Waals surface area contributed by atoms with Gasteiger partial charge >= 0.3 is 0 Å². The van der Waals surface area contributed by atoms with Crippen LogP contribution in [0.5, 0.6) is 5.75 Å². The van der Waals surface area contributed by atoms with Crippen molar-refractivity contribution in [3.8, 4) is 5.75 Å². The van der Waals surface area contributed by atoms with E-state index < -0.39 is 0 Å². The van der Waals surface area contributed by atoms with E-state index in [4.69, 9.17) is 16.3 Å². The lowest BCUT2D eigenvalue weighted by molar-refractivity contribution is 0.414. The lowest BCUT2D eigenvalue weighted by Crippen LogP contribution is -2.25. The van der Waals surface area contributed by atoms with Crippen LogP contribution in [-0.2, 0) is 19.2 Å². The molecule has 2 aromatic carbocycles. The molecule has 0 spiro atoms. The zero-order valence-corrected chi connectivity index (χ0v) is 17.1. The van der Waals surface area contributed by atoms with E-state index in [2.05, 4.69) is 4.98 Å². The molecular formula is C21H21ClN2O2S. The van der Waals surface area contributed by atoms with E-state index in [1.165, 1.54) is 11.8 Å². The van der Waals surface area contributed by atoms with Crippen molar-refractivity contribution in [3.63, 3.8) is 0 Å². The Morgan fingerprint density at radius 1 is 1.15 bits per heavy atom. The van der Waals surface area contributed by atoms with Crippen LogP contribution in [-0.4, -0.2) is 16.7 Å². The smallest absolute Gasteiger partial charge is 0.257 e. The van der Waals surface area contributed by atoms with Gasteiger partial charge in [0.15, 0.2) is 5.16 Å². The van der Waals surface area contributed by atoms with Gasteiger partial charge in [-0.2, -0.15) is 0 Å². The zero-order valence-electron chi connectivity index (χ0n) is 15.5. The van der Waals surface area contributed by atoms with E-state index in [9.17, 15) is 4.79 Å². The summed E-state index contributed by atoms with van der Waals surface area (Å²) in [5, 5.41) is 1.41. The molecule has 0 N–H and O–H groups in total. The van der Waals surface area contributed by atoms with Crippen molar-refractivity contribution in [2.75, 3.05) is 7.11 Å². The second-order valence-corrected chi connectivity index (χ2v) is 7.64. The fourth-order valence-electron chi connectivity index (χ4n) is 2.78. The molecule has 0 saturated heterocycles. The minimum Gasteiger partial charge on any atom is -0.497 e. The molecule has 1 heterocycles. The number of methoxy groups -OCH3 is 1. The summed E-state index contributed by atoms with van der Waals surface area (Å²) < 4.78 is 6.81. The van der Waals surface area contributed by atoms with Gasteiger partial charge < -0.3 is 4.74 Å². The predicted molar refractivity (Wildman–Crippen MR) is 111 cm³/mol. The lowest BCUT2D eigenvalue weighted by Gasteiger charge is -2.12. The minimum absolute atomic E-state index is 0.00749. The fourth-order valence-corrected chi connectivity index (χ4v) is 3.95. The summed E-state index contributed by atoms with van der Waals surface area (Å²) in [5.41, 5.74) is 3.63. The van der Waals surface area contributed by atoms with Crippen LogP contribution in [0.3, 0.4) is 0 Å².